The van der Waals surface area contributed by atoms with Gasteiger partial charge in [-0.2, -0.15) is 0 Å². The average Bonchev–Trinajstić information content (AvgIpc) is 3.30. The fourth-order valence-electron chi connectivity index (χ4n) is 5.53. The first kappa shape index (κ1) is 75.9. The van der Waals surface area contributed by atoms with Gasteiger partial charge in [0.05, 0.1) is 39.6 Å². The molecule has 18 nitrogen and oxygen atoms in total. The van der Waals surface area contributed by atoms with Gasteiger partial charge in [-0.1, -0.05) is 157 Å². The molecule has 1 radical (unpaired) electrons. The minimum absolute atomic E-state index is 0. The third-order valence-corrected chi connectivity index (χ3v) is 9.12. The first-order chi connectivity index (χ1) is 32.0. The molecule has 0 aliphatic rings. The van der Waals surface area contributed by atoms with Crippen molar-refractivity contribution in [2.75, 3.05) is 72.5 Å². The monoisotopic (exact) mass is 1040 g/mol. The van der Waals surface area contributed by atoms with Crippen molar-refractivity contribution in [3.63, 3.8) is 0 Å². The molecule has 2 unspecified atom stereocenters. The summed E-state index contributed by atoms with van der Waals surface area (Å²) in [5.74, 6) is -2.26. The van der Waals surface area contributed by atoms with Gasteiger partial charge in [0.15, 0.2) is 0 Å². The predicted octanol–water partition coefficient (Wildman–Crippen LogP) is 7.58. The minimum Gasteiger partial charge on any atom is -0.668 e. The van der Waals surface area contributed by atoms with Crippen LogP contribution in [0.25, 0.3) is 5.73 Å². The zero-order chi connectivity index (χ0) is 50.7. The van der Waals surface area contributed by atoms with Gasteiger partial charge in [-0.05, 0) is 26.2 Å². The molecule has 0 aromatic heterocycles. The number of carbonyl (C=O) groups is 7. The van der Waals surface area contributed by atoms with E-state index in [4.69, 9.17) is 34.9 Å². The summed E-state index contributed by atoms with van der Waals surface area (Å²) in [7, 11) is 0. The number of Topliss-reactive ketones (excluding diaryl/α,β-unsaturated/α-hetero) is 1. The molecular weight excluding hydrogens is 943 g/mol. The zero-order valence-corrected chi connectivity index (χ0v) is 45.7. The molecule has 395 valence electrons. The minimum atomic E-state index is -0.978. The van der Waals surface area contributed by atoms with Crippen LogP contribution >= 0.6 is 0 Å². The first-order valence-electron chi connectivity index (χ1n) is 24.8. The maximum Gasteiger partial charge on any atom is 0.326 e. The van der Waals surface area contributed by atoms with Crippen molar-refractivity contribution < 1.29 is 95.4 Å². The van der Waals surface area contributed by atoms with Crippen molar-refractivity contribution in [3.8, 4) is 0 Å². The second-order valence-corrected chi connectivity index (χ2v) is 14.8. The summed E-state index contributed by atoms with van der Waals surface area (Å²) >= 11 is 0. The standard InChI is InChI=1S/C20H37N4O8.C18H36O2.C6H11NO3.2C2H6.Y/c1-17(26)18(21)4-2-3-5-23-19(27)14-31-13-11-30-9-7-24-20(28)15-32-12-10-29-8-6-22-16-25;1-2-3-4-5-6-7-8-9-10-11-12-13-14-15-16-17-18(19)20;1-2-3-5(6(9)10)7-4-8;2*1-2;/h16,18,21H,2-15H2,1H3,(H,22,25)(H,23,27)(H,24,28);2-17H2,1H3,(H,19,20);4-5H,2-3H2,1H3,(H,7,8)(H,9,10);2*1-2H3;/q-1;;;;;. The van der Waals surface area contributed by atoms with E-state index >= 15 is 0 Å². The number of ether oxygens (including phenoxy) is 4. The number of aliphatic carboxylic acids is 2. The van der Waals surface area contributed by atoms with E-state index in [-0.39, 0.29) is 76.7 Å². The van der Waals surface area contributed by atoms with E-state index < -0.39 is 24.0 Å². The van der Waals surface area contributed by atoms with Crippen molar-refractivity contribution in [3.05, 3.63) is 5.73 Å². The van der Waals surface area contributed by atoms with Gasteiger partial charge in [0.25, 0.3) is 0 Å². The van der Waals surface area contributed by atoms with E-state index in [9.17, 15) is 33.6 Å². The Hall–Kier alpha value is -2.61. The molecule has 0 saturated heterocycles. The molecule has 0 fully saturated rings. The van der Waals surface area contributed by atoms with Crippen molar-refractivity contribution in [1.82, 2.24) is 21.3 Å². The summed E-state index contributed by atoms with van der Waals surface area (Å²) < 4.78 is 20.8. The fourth-order valence-corrected chi connectivity index (χ4v) is 5.53. The average molecular weight is 1040 g/mol. The summed E-state index contributed by atoms with van der Waals surface area (Å²) in [5, 5.41) is 27.0. The Kier molecular flexibility index (Phi) is 76.6. The summed E-state index contributed by atoms with van der Waals surface area (Å²) in [6.45, 7) is 16.5. The number of carboxylic acid groups (broad SMARTS) is 2. The number of amides is 4. The number of unbranched alkanes of at least 4 members (excludes halogenated alkanes) is 15. The molecule has 19 heteroatoms. The normalized spacial score (nSPS) is 10.7. The Balaban J connectivity index is -0.000000225. The van der Waals surface area contributed by atoms with Crippen LogP contribution in [0.4, 0.5) is 0 Å². The largest absolute Gasteiger partial charge is 0.668 e. The number of carboxylic acids is 2. The van der Waals surface area contributed by atoms with Gasteiger partial charge in [-0.15, -0.1) is 0 Å². The second-order valence-electron chi connectivity index (χ2n) is 14.8. The van der Waals surface area contributed by atoms with Gasteiger partial charge < -0.3 is 61.0 Å². The quantitative estimate of drug-likeness (QED) is 0.0254. The van der Waals surface area contributed by atoms with Gasteiger partial charge in [0.1, 0.15) is 25.0 Å². The van der Waals surface area contributed by atoms with E-state index in [1.807, 2.05) is 34.6 Å². The molecule has 0 aliphatic heterocycles. The van der Waals surface area contributed by atoms with Crippen molar-refractivity contribution in [1.29, 1.82) is 0 Å². The van der Waals surface area contributed by atoms with E-state index in [0.29, 0.717) is 91.0 Å². The Morgan fingerprint density at radius 2 is 0.970 bits per heavy atom. The second kappa shape index (κ2) is 67.7. The number of hydrogen-bond donors (Lipinski definition) is 6. The summed E-state index contributed by atoms with van der Waals surface area (Å²) in [4.78, 5) is 74.5. The Bertz CT molecular complexity index is 1100. The molecule has 0 aromatic carbocycles. The SMILES string of the molecule is CC.CC.CC(=O)C([NH-])CCCCNC(=O)COCCOCCNC(=O)COCCOCCNC=O.CCCC(NC=O)C(=O)O.CCCCCCCCCCCCCCCCCC(=O)O.[Y]. The van der Waals surface area contributed by atoms with Crippen LogP contribution in [0.15, 0.2) is 0 Å². The van der Waals surface area contributed by atoms with Crippen LogP contribution in [-0.2, 0) is 85.2 Å². The molecule has 4 amide bonds. The first-order valence-corrected chi connectivity index (χ1v) is 24.8. The van der Waals surface area contributed by atoms with Crippen molar-refractivity contribution >= 4 is 42.4 Å². The van der Waals surface area contributed by atoms with Crippen LogP contribution in [0.3, 0.4) is 0 Å². The van der Waals surface area contributed by atoms with Gasteiger partial charge >= 0.3 is 11.9 Å². The molecule has 0 aromatic rings. The number of ketones is 1. The van der Waals surface area contributed by atoms with E-state index in [0.717, 1.165) is 19.3 Å². The zero-order valence-electron chi connectivity index (χ0n) is 42.9. The maximum atomic E-state index is 11.6. The van der Waals surface area contributed by atoms with Gasteiger partial charge in [-0.25, -0.2) is 4.79 Å². The molecule has 67 heavy (non-hydrogen) atoms. The van der Waals surface area contributed by atoms with Crippen LogP contribution < -0.4 is 21.3 Å². The molecule has 0 heterocycles. The summed E-state index contributed by atoms with van der Waals surface area (Å²) in [5.41, 5.74) is 7.49. The predicted molar refractivity (Wildman–Crippen MR) is 261 cm³/mol. The molecule has 0 spiro atoms. The number of nitrogens with one attached hydrogen (secondary N) is 5. The van der Waals surface area contributed by atoms with Crippen LogP contribution in [0.1, 0.15) is 183 Å². The van der Waals surface area contributed by atoms with E-state index in [2.05, 4.69) is 28.2 Å². The summed E-state index contributed by atoms with van der Waals surface area (Å²) in [6, 6.07) is -1.40. The van der Waals surface area contributed by atoms with Crippen LogP contribution in [0.5, 0.6) is 0 Å². The third kappa shape index (κ3) is 72.5. The van der Waals surface area contributed by atoms with Crippen molar-refractivity contribution in [2.24, 2.45) is 0 Å². The van der Waals surface area contributed by atoms with Gasteiger partial charge in [0.2, 0.25) is 24.6 Å². The summed E-state index contributed by atoms with van der Waals surface area (Å²) in [6.07, 6.45) is 24.4. The topological polar surface area (TPSA) is 269 Å². The molecule has 0 rings (SSSR count). The number of hydrogen-bond acceptors (Lipinski definition) is 11. The Morgan fingerprint density at radius 1 is 0.537 bits per heavy atom. The Morgan fingerprint density at radius 3 is 1.37 bits per heavy atom. The Labute approximate surface area is 430 Å². The number of carbonyl (C=O) groups excluding carboxylic acids is 5. The fraction of sp³-hybridized carbons (Fsp3) is 0.854. The molecule has 0 aliphatic carbocycles. The van der Waals surface area contributed by atoms with Gasteiger partial charge in [-0.3, -0.25) is 24.0 Å². The number of rotatable bonds is 44. The molecule has 7 N–H and O–H groups in total. The van der Waals surface area contributed by atoms with Gasteiger partial charge in [0, 0.05) is 58.8 Å². The maximum absolute atomic E-state index is 11.6. The van der Waals surface area contributed by atoms with E-state index in [1.165, 1.54) is 90.4 Å². The van der Waals surface area contributed by atoms with Crippen LogP contribution in [0, 0.1) is 0 Å². The molecule has 0 saturated carbocycles. The smallest absolute Gasteiger partial charge is 0.326 e. The van der Waals surface area contributed by atoms with Crippen LogP contribution in [-0.4, -0.2) is 137 Å². The molecule has 0 bridgehead atoms. The molecular formula is C48H96N5O13Y-. The van der Waals surface area contributed by atoms with Crippen LogP contribution in [0.2, 0.25) is 0 Å². The van der Waals surface area contributed by atoms with Crippen molar-refractivity contribution in [2.45, 2.75) is 195 Å². The molecule has 2 atom stereocenters. The third-order valence-electron chi connectivity index (χ3n) is 9.12. The van der Waals surface area contributed by atoms with E-state index in [1.54, 1.807) is 0 Å².